The summed E-state index contributed by atoms with van der Waals surface area (Å²) in [7, 11) is -3.76. The average Bonchev–Trinajstić information content (AvgIpc) is 2.43. The monoisotopic (exact) mass is 324 g/mol. The van der Waals surface area contributed by atoms with Gasteiger partial charge < -0.3 is 0 Å². The van der Waals surface area contributed by atoms with Crippen LogP contribution in [0.15, 0.2) is 42.5 Å². The molecule has 0 heterocycles. The van der Waals surface area contributed by atoms with Crippen molar-refractivity contribution in [1.82, 2.24) is 0 Å². The molecule has 2 aromatic rings. The van der Waals surface area contributed by atoms with Gasteiger partial charge in [0.25, 0.3) is 0 Å². The molecule has 4 nitrogen and oxygen atoms in total. The highest BCUT2D eigenvalue weighted by Gasteiger charge is 2.15. The van der Waals surface area contributed by atoms with Crippen molar-refractivity contribution in [3.05, 3.63) is 64.4 Å². The van der Waals surface area contributed by atoms with E-state index in [0.29, 0.717) is 5.56 Å². The molecule has 0 radical (unpaired) electrons. The Morgan fingerprint density at radius 3 is 2.62 bits per heavy atom. The number of sulfonamides is 1. The lowest BCUT2D eigenvalue weighted by atomic mass is 10.1. The van der Waals surface area contributed by atoms with Crippen molar-refractivity contribution in [3.63, 3.8) is 0 Å². The molecule has 0 amide bonds. The Balaban J connectivity index is 2.23. The maximum absolute atomic E-state index is 13.3. The molecule has 0 aliphatic rings. The zero-order valence-corrected chi connectivity index (χ0v) is 12.2. The quantitative estimate of drug-likeness (QED) is 0.938. The highest BCUT2D eigenvalue weighted by Crippen LogP contribution is 2.20. The standard InChI is InChI=1S/C14H10ClFN2O2S/c15-13-6-5-12(7-14(13)16)18-21(19,20)9-11-4-2-1-3-10(11)8-17/h1-7,18H,9H2. The van der Waals surface area contributed by atoms with Crippen LogP contribution in [0.2, 0.25) is 5.02 Å². The Morgan fingerprint density at radius 2 is 1.95 bits per heavy atom. The highest BCUT2D eigenvalue weighted by atomic mass is 35.5. The SMILES string of the molecule is N#Cc1ccccc1CS(=O)(=O)Nc1ccc(Cl)c(F)c1. The van der Waals surface area contributed by atoms with Crippen LogP contribution in [0, 0.1) is 17.1 Å². The number of nitriles is 1. The zero-order chi connectivity index (χ0) is 15.5. The van der Waals surface area contributed by atoms with Crippen molar-refractivity contribution in [2.75, 3.05) is 4.72 Å². The molecule has 0 saturated carbocycles. The Labute approximate surface area is 126 Å². The van der Waals surface area contributed by atoms with Crippen LogP contribution in [0.1, 0.15) is 11.1 Å². The minimum Gasteiger partial charge on any atom is -0.283 e. The largest absolute Gasteiger partial charge is 0.283 e. The van der Waals surface area contributed by atoms with Gasteiger partial charge in [0.15, 0.2) is 0 Å². The van der Waals surface area contributed by atoms with Crippen LogP contribution in [0.4, 0.5) is 10.1 Å². The second-order valence-electron chi connectivity index (χ2n) is 4.26. The molecule has 0 fully saturated rings. The van der Waals surface area contributed by atoms with Gasteiger partial charge in [-0.3, -0.25) is 4.72 Å². The number of halogens is 2. The predicted octanol–water partition coefficient (Wildman–Crippen LogP) is 3.29. The van der Waals surface area contributed by atoms with E-state index < -0.39 is 15.8 Å². The Bertz CT molecular complexity index is 816. The fourth-order valence-electron chi connectivity index (χ4n) is 1.74. The molecule has 7 heteroatoms. The first kappa shape index (κ1) is 15.3. The van der Waals surface area contributed by atoms with Crippen LogP contribution < -0.4 is 4.72 Å². The minimum atomic E-state index is -3.76. The van der Waals surface area contributed by atoms with Crippen LogP contribution >= 0.6 is 11.6 Å². The molecule has 2 aromatic carbocycles. The predicted molar refractivity (Wildman–Crippen MR) is 78.8 cm³/mol. The number of hydrogen-bond donors (Lipinski definition) is 1. The summed E-state index contributed by atoms with van der Waals surface area (Å²) >= 11 is 5.53. The van der Waals surface area contributed by atoms with E-state index in [0.717, 1.165) is 6.07 Å². The summed E-state index contributed by atoms with van der Waals surface area (Å²) in [5.74, 6) is -1.09. The minimum absolute atomic E-state index is 0.0753. The number of anilines is 1. The van der Waals surface area contributed by atoms with Crippen LogP contribution in [0.3, 0.4) is 0 Å². The van der Waals surface area contributed by atoms with Crippen molar-refractivity contribution in [2.24, 2.45) is 0 Å². The molecular formula is C14H10ClFN2O2S. The highest BCUT2D eigenvalue weighted by molar-refractivity contribution is 7.91. The van der Waals surface area contributed by atoms with Crippen molar-refractivity contribution < 1.29 is 12.8 Å². The molecule has 0 aromatic heterocycles. The summed E-state index contributed by atoms with van der Waals surface area (Å²) in [6.07, 6.45) is 0. The smallest absolute Gasteiger partial charge is 0.236 e. The summed E-state index contributed by atoms with van der Waals surface area (Å²) in [5, 5.41) is 8.85. The van der Waals surface area contributed by atoms with Gasteiger partial charge in [0.2, 0.25) is 10.0 Å². The summed E-state index contributed by atoms with van der Waals surface area (Å²) < 4.78 is 39.7. The number of benzene rings is 2. The van der Waals surface area contributed by atoms with Crippen LogP contribution in [0.25, 0.3) is 0 Å². The first-order valence-electron chi connectivity index (χ1n) is 5.85. The molecule has 0 spiro atoms. The van der Waals surface area contributed by atoms with Gasteiger partial charge in [-0.15, -0.1) is 0 Å². The zero-order valence-electron chi connectivity index (χ0n) is 10.7. The second kappa shape index (κ2) is 6.12. The molecule has 0 atom stereocenters. The van der Waals surface area contributed by atoms with Gasteiger partial charge in [-0.25, -0.2) is 12.8 Å². The van der Waals surface area contributed by atoms with E-state index >= 15 is 0 Å². The summed E-state index contributed by atoms with van der Waals surface area (Å²) in [6.45, 7) is 0. The van der Waals surface area contributed by atoms with Crippen molar-refractivity contribution in [1.29, 1.82) is 5.26 Å². The third-order valence-corrected chi connectivity index (χ3v) is 4.22. The van der Waals surface area contributed by atoms with Crippen LogP contribution in [-0.4, -0.2) is 8.42 Å². The van der Waals surface area contributed by atoms with E-state index in [4.69, 9.17) is 16.9 Å². The van der Waals surface area contributed by atoms with Crippen molar-refractivity contribution in [2.45, 2.75) is 5.75 Å². The lowest BCUT2D eigenvalue weighted by molar-refractivity contribution is 0.600. The molecule has 21 heavy (non-hydrogen) atoms. The average molecular weight is 325 g/mol. The maximum Gasteiger partial charge on any atom is 0.236 e. The molecule has 0 unspecified atom stereocenters. The third-order valence-electron chi connectivity index (χ3n) is 2.68. The van der Waals surface area contributed by atoms with E-state index in [1.165, 1.54) is 18.2 Å². The number of hydrogen-bond acceptors (Lipinski definition) is 3. The van der Waals surface area contributed by atoms with Gasteiger partial charge in [0.05, 0.1) is 28.1 Å². The van der Waals surface area contributed by atoms with E-state index in [2.05, 4.69) is 4.72 Å². The molecule has 0 saturated heterocycles. The molecule has 0 aliphatic heterocycles. The molecule has 0 aliphatic carbocycles. The first-order valence-corrected chi connectivity index (χ1v) is 7.88. The fraction of sp³-hybridized carbons (Fsp3) is 0.0714. The van der Waals surface area contributed by atoms with Gasteiger partial charge in [0, 0.05) is 0 Å². The summed E-state index contributed by atoms with van der Waals surface area (Å²) in [5.41, 5.74) is 0.735. The lowest BCUT2D eigenvalue weighted by Crippen LogP contribution is -2.15. The van der Waals surface area contributed by atoms with Crippen LogP contribution in [0.5, 0.6) is 0 Å². The van der Waals surface area contributed by atoms with Crippen molar-refractivity contribution >= 4 is 27.3 Å². The second-order valence-corrected chi connectivity index (χ2v) is 6.39. The Kier molecular flexibility index (Phi) is 4.46. The normalized spacial score (nSPS) is 10.9. The van der Waals surface area contributed by atoms with Gasteiger partial charge in [-0.2, -0.15) is 5.26 Å². The molecule has 2 rings (SSSR count). The molecular weight excluding hydrogens is 315 g/mol. The van der Waals surface area contributed by atoms with Crippen LogP contribution in [-0.2, 0) is 15.8 Å². The maximum atomic E-state index is 13.3. The Hall–Kier alpha value is -2.10. The molecule has 0 bridgehead atoms. The van der Waals surface area contributed by atoms with E-state index in [9.17, 15) is 12.8 Å². The topological polar surface area (TPSA) is 70.0 Å². The Morgan fingerprint density at radius 1 is 1.24 bits per heavy atom. The first-order chi connectivity index (χ1) is 9.91. The van der Waals surface area contributed by atoms with Gasteiger partial charge >= 0.3 is 0 Å². The summed E-state index contributed by atoms with van der Waals surface area (Å²) in [4.78, 5) is 0. The van der Waals surface area contributed by atoms with Crippen molar-refractivity contribution in [3.8, 4) is 6.07 Å². The number of rotatable bonds is 4. The molecule has 108 valence electrons. The third kappa shape index (κ3) is 3.94. The van der Waals surface area contributed by atoms with E-state index in [1.54, 1.807) is 18.2 Å². The lowest BCUT2D eigenvalue weighted by Gasteiger charge is -2.09. The van der Waals surface area contributed by atoms with E-state index in [-0.39, 0.29) is 22.0 Å². The summed E-state index contributed by atoms with van der Waals surface area (Å²) in [6, 6.07) is 11.9. The van der Waals surface area contributed by atoms with Gasteiger partial charge in [0.1, 0.15) is 5.82 Å². The number of nitrogens with one attached hydrogen (secondary N) is 1. The fourth-order valence-corrected chi connectivity index (χ4v) is 3.07. The molecule has 1 N–H and O–H groups in total. The van der Waals surface area contributed by atoms with E-state index in [1.807, 2.05) is 6.07 Å². The van der Waals surface area contributed by atoms with Gasteiger partial charge in [-0.1, -0.05) is 29.8 Å². The van der Waals surface area contributed by atoms with Gasteiger partial charge in [-0.05, 0) is 29.8 Å². The number of nitrogens with zero attached hydrogens (tertiary/aromatic N) is 1.